The van der Waals surface area contributed by atoms with E-state index >= 15 is 0 Å². The number of rotatable bonds is 8. The van der Waals surface area contributed by atoms with Crippen molar-refractivity contribution in [3.63, 3.8) is 0 Å². The summed E-state index contributed by atoms with van der Waals surface area (Å²) in [6, 6.07) is 17.4. The number of amides is 1. The number of aliphatic hydroxyl groups excluding tert-OH is 1. The zero-order chi connectivity index (χ0) is 17.4. The predicted molar refractivity (Wildman–Crippen MR) is 92.3 cm³/mol. The molecule has 2 aromatic rings. The summed E-state index contributed by atoms with van der Waals surface area (Å²) in [5.41, 5.74) is 2.06. The standard InChI is InChI=1S/C19H23NO4/c1-20(19(22)23)13-11-18(16-5-3-2-4-6-16)24-17-9-7-15(8-10-17)12-14-21/h2-10,18,21H,11-14H2,1H3,(H,22,23). The summed E-state index contributed by atoms with van der Waals surface area (Å²) in [6.45, 7) is 0.506. The average Bonchev–Trinajstić information content (AvgIpc) is 2.60. The van der Waals surface area contributed by atoms with Gasteiger partial charge in [0.1, 0.15) is 11.9 Å². The van der Waals surface area contributed by atoms with Crippen LogP contribution in [0.3, 0.4) is 0 Å². The molecule has 0 bridgehead atoms. The second kappa shape index (κ2) is 8.93. The van der Waals surface area contributed by atoms with Gasteiger partial charge in [0.25, 0.3) is 0 Å². The van der Waals surface area contributed by atoms with E-state index in [4.69, 9.17) is 14.9 Å². The normalized spacial score (nSPS) is 11.8. The number of nitrogens with zero attached hydrogens (tertiary/aromatic N) is 1. The lowest BCUT2D eigenvalue weighted by Gasteiger charge is -2.22. The van der Waals surface area contributed by atoms with Gasteiger partial charge in [0.2, 0.25) is 0 Å². The van der Waals surface area contributed by atoms with Crippen LogP contribution in [0.2, 0.25) is 0 Å². The molecule has 0 heterocycles. The molecule has 0 aromatic heterocycles. The van der Waals surface area contributed by atoms with Crippen molar-refractivity contribution >= 4 is 6.09 Å². The van der Waals surface area contributed by atoms with Crippen LogP contribution in [0, 0.1) is 0 Å². The fraction of sp³-hybridized carbons (Fsp3) is 0.316. The number of hydrogen-bond acceptors (Lipinski definition) is 3. The Labute approximate surface area is 142 Å². The van der Waals surface area contributed by atoms with Crippen LogP contribution in [0.25, 0.3) is 0 Å². The van der Waals surface area contributed by atoms with Gasteiger partial charge in [-0.25, -0.2) is 4.79 Å². The van der Waals surface area contributed by atoms with Gasteiger partial charge in [-0.1, -0.05) is 42.5 Å². The van der Waals surface area contributed by atoms with Gasteiger partial charge in [0.15, 0.2) is 0 Å². The van der Waals surface area contributed by atoms with E-state index in [1.807, 2.05) is 54.6 Å². The van der Waals surface area contributed by atoms with Crippen LogP contribution in [-0.4, -0.2) is 41.4 Å². The minimum absolute atomic E-state index is 0.119. The van der Waals surface area contributed by atoms with Crippen LogP contribution in [0.5, 0.6) is 5.75 Å². The van der Waals surface area contributed by atoms with Crippen LogP contribution in [0.4, 0.5) is 4.79 Å². The third kappa shape index (κ3) is 5.28. The van der Waals surface area contributed by atoms with E-state index in [0.717, 1.165) is 16.9 Å². The lowest BCUT2D eigenvalue weighted by Crippen LogP contribution is -2.27. The van der Waals surface area contributed by atoms with Crippen LogP contribution in [0.15, 0.2) is 54.6 Å². The third-order valence-electron chi connectivity index (χ3n) is 3.83. The van der Waals surface area contributed by atoms with Gasteiger partial charge in [-0.3, -0.25) is 0 Å². The van der Waals surface area contributed by atoms with Gasteiger partial charge in [0, 0.05) is 26.6 Å². The van der Waals surface area contributed by atoms with Gasteiger partial charge >= 0.3 is 6.09 Å². The molecule has 2 rings (SSSR count). The smallest absolute Gasteiger partial charge is 0.407 e. The van der Waals surface area contributed by atoms with Gasteiger partial charge < -0.3 is 19.8 Å². The molecule has 2 N–H and O–H groups in total. The molecule has 1 atom stereocenters. The number of hydrogen-bond donors (Lipinski definition) is 2. The van der Waals surface area contributed by atoms with Crippen molar-refractivity contribution < 1.29 is 19.7 Å². The SMILES string of the molecule is CN(CCC(Oc1ccc(CCO)cc1)c1ccccc1)C(=O)O. The Kier molecular flexibility index (Phi) is 6.63. The lowest BCUT2D eigenvalue weighted by atomic mass is 10.1. The van der Waals surface area contributed by atoms with Crippen LogP contribution in [-0.2, 0) is 6.42 Å². The molecular formula is C19H23NO4. The molecular weight excluding hydrogens is 306 g/mol. The fourth-order valence-corrected chi connectivity index (χ4v) is 2.40. The maximum Gasteiger partial charge on any atom is 0.407 e. The lowest BCUT2D eigenvalue weighted by molar-refractivity contribution is 0.140. The van der Waals surface area contributed by atoms with Crippen LogP contribution in [0.1, 0.15) is 23.7 Å². The van der Waals surface area contributed by atoms with E-state index in [-0.39, 0.29) is 12.7 Å². The molecule has 1 amide bonds. The molecule has 1 unspecified atom stereocenters. The second-order valence-electron chi connectivity index (χ2n) is 5.63. The van der Waals surface area contributed by atoms with E-state index in [2.05, 4.69) is 0 Å². The Morgan fingerprint density at radius 1 is 1.12 bits per heavy atom. The van der Waals surface area contributed by atoms with Crippen LogP contribution < -0.4 is 4.74 Å². The Morgan fingerprint density at radius 2 is 1.79 bits per heavy atom. The number of carboxylic acid groups (broad SMARTS) is 1. The van der Waals surface area contributed by atoms with Crippen molar-refractivity contribution in [2.75, 3.05) is 20.2 Å². The van der Waals surface area contributed by atoms with Crippen LogP contribution >= 0.6 is 0 Å². The van der Waals surface area contributed by atoms with Gasteiger partial charge in [0.05, 0.1) is 0 Å². The first-order chi connectivity index (χ1) is 11.6. The average molecular weight is 329 g/mol. The summed E-state index contributed by atoms with van der Waals surface area (Å²) < 4.78 is 6.08. The minimum Gasteiger partial charge on any atom is -0.486 e. The molecule has 24 heavy (non-hydrogen) atoms. The molecule has 0 saturated heterocycles. The molecule has 0 fully saturated rings. The molecule has 2 aromatic carbocycles. The number of aliphatic hydroxyl groups is 1. The molecule has 0 saturated carbocycles. The van der Waals surface area contributed by atoms with E-state index in [1.165, 1.54) is 4.90 Å². The van der Waals surface area contributed by atoms with Crippen molar-refractivity contribution in [2.24, 2.45) is 0 Å². The Bertz CT molecular complexity index is 628. The highest BCUT2D eigenvalue weighted by atomic mass is 16.5. The first-order valence-electron chi connectivity index (χ1n) is 7.95. The second-order valence-corrected chi connectivity index (χ2v) is 5.63. The molecule has 0 radical (unpaired) electrons. The quantitative estimate of drug-likeness (QED) is 0.779. The summed E-state index contributed by atoms with van der Waals surface area (Å²) in [6.07, 6.45) is 0.00338. The Hall–Kier alpha value is -2.53. The first-order valence-corrected chi connectivity index (χ1v) is 7.95. The summed E-state index contributed by atoms with van der Waals surface area (Å²) in [7, 11) is 1.55. The zero-order valence-corrected chi connectivity index (χ0v) is 13.8. The number of benzene rings is 2. The zero-order valence-electron chi connectivity index (χ0n) is 13.8. The molecule has 0 aliphatic heterocycles. The van der Waals surface area contributed by atoms with Crippen molar-refractivity contribution in [2.45, 2.75) is 18.9 Å². The molecule has 0 aliphatic carbocycles. The fourth-order valence-electron chi connectivity index (χ4n) is 2.40. The van der Waals surface area contributed by atoms with E-state index in [9.17, 15) is 4.79 Å². The van der Waals surface area contributed by atoms with E-state index in [1.54, 1.807) is 7.05 Å². The van der Waals surface area contributed by atoms with Gasteiger partial charge in [-0.05, 0) is 29.7 Å². The summed E-state index contributed by atoms with van der Waals surface area (Å²) in [5, 5.41) is 18.0. The topological polar surface area (TPSA) is 70.0 Å². The highest BCUT2D eigenvalue weighted by Crippen LogP contribution is 2.25. The molecule has 5 nitrogen and oxygen atoms in total. The molecule has 128 valence electrons. The maximum atomic E-state index is 11.0. The molecule has 0 aliphatic rings. The summed E-state index contributed by atoms with van der Waals surface area (Å²) in [4.78, 5) is 12.2. The third-order valence-corrected chi connectivity index (χ3v) is 3.83. The van der Waals surface area contributed by atoms with Crippen molar-refractivity contribution in [3.05, 3.63) is 65.7 Å². The van der Waals surface area contributed by atoms with Crippen molar-refractivity contribution in [1.82, 2.24) is 4.90 Å². The van der Waals surface area contributed by atoms with Crippen molar-refractivity contribution in [3.8, 4) is 5.75 Å². The maximum absolute atomic E-state index is 11.0. The highest BCUT2D eigenvalue weighted by Gasteiger charge is 2.16. The van der Waals surface area contributed by atoms with E-state index < -0.39 is 6.09 Å². The number of ether oxygens (including phenoxy) is 1. The summed E-state index contributed by atoms with van der Waals surface area (Å²) >= 11 is 0. The molecule has 5 heteroatoms. The minimum atomic E-state index is -0.949. The monoisotopic (exact) mass is 329 g/mol. The Balaban J connectivity index is 2.09. The van der Waals surface area contributed by atoms with E-state index in [0.29, 0.717) is 19.4 Å². The van der Waals surface area contributed by atoms with Gasteiger partial charge in [-0.2, -0.15) is 0 Å². The van der Waals surface area contributed by atoms with Crippen molar-refractivity contribution in [1.29, 1.82) is 0 Å². The molecule has 0 spiro atoms. The first kappa shape index (κ1) is 17.8. The highest BCUT2D eigenvalue weighted by molar-refractivity contribution is 5.64. The Morgan fingerprint density at radius 3 is 2.38 bits per heavy atom. The largest absolute Gasteiger partial charge is 0.486 e. The van der Waals surface area contributed by atoms with Gasteiger partial charge in [-0.15, -0.1) is 0 Å². The number of carbonyl (C=O) groups is 1. The summed E-state index contributed by atoms with van der Waals surface area (Å²) in [5.74, 6) is 0.725. The predicted octanol–water partition coefficient (Wildman–Crippen LogP) is 3.34.